The Morgan fingerprint density at radius 2 is 1.54 bits per heavy atom. The van der Waals surface area contributed by atoms with Crippen LogP contribution in [0, 0.1) is 0 Å². The summed E-state index contributed by atoms with van der Waals surface area (Å²) < 4.78 is 4.76. The Kier molecular flexibility index (Phi) is 7.36. The molecule has 2 amide bonds. The van der Waals surface area contributed by atoms with Crippen molar-refractivity contribution in [2.45, 2.75) is 13.3 Å². The molecule has 0 saturated carbocycles. The van der Waals surface area contributed by atoms with Crippen LogP contribution in [-0.4, -0.2) is 37.5 Å². The Labute approximate surface area is 152 Å². The zero-order valence-corrected chi connectivity index (χ0v) is 14.7. The summed E-state index contributed by atoms with van der Waals surface area (Å²) in [6, 6.07) is 17.0. The second-order valence-electron chi connectivity index (χ2n) is 5.53. The summed E-state index contributed by atoms with van der Waals surface area (Å²) in [6.45, 7) is 2.06. The highest BCUT2D eigenvalue weighted by Gasteiger charge is 2.09. The van der Waals surface area contributed by atoms with E-state index in [-0.39, 0.29) is 37.3 Å². The van der Waals surface area contributed by atoms with Gasteiger partial charge in [0.25, 0.3) is 5.91 Å². The van der Waals surface area contributed by atoms with Crippen LogP contribution in [0.4, 0.5) is 0 Å². The highest BCUT2D eigenvalue weighted by atomic mass is 16.5. The largest absolute Gasteiger partial charge is 0.466 e. The average molecular weight is 354 g/mol. The maximum Gasteiger partial charge on any atom is 0.307 e. The Hall–Kier alpha value is -3.15. The quantitative estimate of drug-likeness (QED) is 0.712. The van der Waals surface area contributed by atoms with E-state index in [2.05, 4.69) is 10.6 Å². The minimum atomic E-state index is -0.365. The molecule has 0 spiro atoms. The number of carbonyl (C=O) groups excluding carboxylic acids is 3. The summed E-state index contributed by atoms with van der Waals surface area (Å²) in [5.41, 5.74) is 2.56. The van der Waals surface area contributed by atoms with Crippen molar-refractivity contribution in [3.8, 4) is 11.1 Å². The number of rotatable bonds is 8. The van der Waals surface area contributed by atoms with Gasteiger partial charge in [-0.3, -0.25) is 14.4 Å². The van der Waals surface area contributed by atoms with Crippen molar-refractivity contribution in [3.05, 3.63) is 60.2 Å². The third-order valence-electron chi connectivity index (χ3n) is 3.62. The van der Waals surface area contributed by atoms with Crippen LogP contribution in [0.3, 0.4) is 0 Å². The Morgan fingerprint density at radius 3 is 2.19 bits per heavy atom. The van der Waals surface area contributed by atoms with Gasteiger partial charge >= 0.3 is 5.97 Å². The SMILES string of the molecule is CCOC(=O)CCNC(=O)CNC(=O)c1ccc(-c2ccccc2)cc1. The number of nitrogens with one attached hydrogen (secondary N) is 2. The van der Waals surface area contributed by atoms with Gasteiger partial charge in [0, 0.05) is 12.1 Å². The maximum atomic E-state index is 12.1. The second kappa shape index (κ2) is 9.98. The molecule has 136 valence electrons. The van der Waals surface area contributed by atoms with Gasteiger partial charge in [0.2, 0.25) is 5.91 Å². The van der Waals surface area contributed by atoms with E-state index in [1.807, 2.05) is 42.5 Å². The molecule has 0 saturated heterocycles. The van der Waals surface area contributed by atoms with Gasteiger partial charge in [-0.25, -0.2) is 0 Å². The van der Waals surface area contributed by atoms with Crippen molar-refractivity contribution in [3.63, 3.8) is 0 Å². The van der Waals surface area contributed by atoms with E-state index in [0.717, 1.165) is 11.1 Å². The second-order valence-corrected chi connectivity index (χ2v) is 5.53. The van der Waals surface area contributed by atoms with Gasteiger partial charge in [-0.1, -0.05) is 42.5 Å². The van der Waals surface area contributed by atoms with Gasteiger partial charge in [-0.2, -0.15) is 0 Å². The number of carbonyl (C=O) groups is 3. The molecule has 0 heterocycles. The fraction of sp³-hybridized carbons (Fsp3) is 0.250. The van der Waals surface area contributed by atoms with E-state index in [0.29, 0.717) is 12.2 Å². The molecule has 0 aliphatic rings. The fourth-order valence-electron chi connectivity index (χ4n) is 2.31. The number of hydrogen-bond donors (Lipinski definition) is 2. The molecule has 2 aromatic carbocycles. The van der Waals surface area contributed by atoms with Gasteiger partial charge in [-0.15, -0.1) is 0 Å². The average Bonchev–Trinajstić information content (AvgIpc) is 2.67. The summed E-state index contributed by atoms with van der Waals surface area (Å²) in [5, 5.41) is 5.11. The predicted octanol–water partition coefficient (Wildman–Crippen LogP) is 2.15. The van der Waals surface area contributed by atoms with E-state index in [4.69, 9.17) is 4.74 Å². The molecule has 0 unspecified atom stereocenters. The van der Waals surface area contributed by atoms with Crippen LogP contribution in [-0.2, 0) is 14.3 Å². The molecular weight excluding hydrogens is 332 g/mol. The molecule has 26 heavy (non-hydrogen) atoms. The summed E-state index contributed by atoms with van der Waals surface area (Å²) in [6.07, 6.45) is 0.106. The van der Waals surface area contributed by atoms with Crippen LogP contribution < -0.4 is 10.6 Å². The number of hydrogen-bond acceptors (Lipinski definition) is 4. The smallest absolute Gasteiger partial charge is 0.307 e. The Bertz CT molecular complexity index is 742. The fourth-order valence-corrected chi connectivity index (χ4v) is 2.31. The van der Waals surface area contributed by atoms with E-state index < -0.39 is 0 Å². The van der Waals surface area contributed by atoms with Crippen LogP contribution in [0.1, 0.15) is 23.7 Å². The maximum absolute atomic E-state index is 12.1. The standard InChI is InChI=1S/C20H22N2O4/c1-2-26-19(24)12-13-21-18(23)14-22-20(25)17-10-8-16(9-11-17)15-6-4-3-5-7-15/h3-11H,2,12-14H2,1H3,(H,21,23)(H,22,25). The molecule has 2 N–H and O–H groups in total. The van der Waals surface area contributed by atoms with Crippen molar-refractivity contribution in [1.82, 2.24) is 10.6 Å². The van der Waals surface area contributed by atoms with Gasteiger partial charge in [0.05, 0.1) is 19.6 Å². The molecule has 0 bridgehead atoms. The first-order valence-electron chi connectivity index (χ1n) is 8.46. The zero-order valence-electron chi connectivity index (χ0n) is 14.7. The lowest BCUT2D eigenvalue weighted by molar-refractivity contribution is -0.143. The summed E-state index contributed by atoms with van der Waals surface area (Å²) in [4.78, 5) is 34.9. The number of amides is 2. The van der Waals surface area contributed by atoms with Crippen LogP contribution in [0.15, 0.2) is 54.6 Å². The van der Waals surface area contributed by atoms with E-state index in [1.165, 1.54) is 0 Å². The lowest BCUT2D eigenvalue weighted by Crippen LogP contribution is -2.37. The molecule has 2 rings (SSSR count). The van der Waals surface area contributed by atoms with Gasteiger partial charge in [0.1, 0.15) is 0 Å². The monoisotopic (exact) mass is 354 g/mol. The Balaban J connectivity index is 1.77. The molecule has 6 nitrogen and oxygen atoms in total. The summed E-state index contributed by atoms with van der Waals surface area (Å²) >= 11 is 0. The molecule has 0 fully saturated rings. The van der Waals surface area contributed by atoms with E-state index in [1.54, 1.807) is 19.1 Å². The molecule has 0 aromatic heterocycles. The van der Waals surface area contributed by atoms with Crippen molar-refractivity contribution >= 4 is 17.8 Å². The zero-order chi connectivity index (χ0) is 18.8. The van der Waals surface area contributed by atoms with Crippen molar-refractivity contribution in [1.29, 1.82) is 0 Å². The minimum Gasteiger partial charge on any atom is -0.466 e. The van der Waals surface area contributed by atoms with Gasteiger partial charge < -0.3 is 15.4 Å². The van der Waals surface area contributed by atoms with Crippen molar-refractivity contribution in [2.24, 2.45) is 0 Å². The van der Waals surface area contributed by atoms with Crippen LogP contribution in [0.2, 0.25) is 0 Å². The normalized spacial score (nSPS) is 10.0. The van der Waals surface area contributed by atoms with Crippen molar-refractivity contribution < 1.29 is 19.1 Å². The number of esters is 1. The lowest BCUT2D eigenvalue weighted by atomic mass is 10.0. The molecule has 0 atom stereocenters. The molecule has 0 radical (unpaired) electrons. The van der Waals surface area contributed by atoms with Gasteiger partial charge in [-0.05, 0) is 30.2 Å². The third-order valence-corrected chi connectivity index (χ3v) is 3.62. The highest BCUT2D eigenvalue weighted by Crippen LogP contribution is 2.19. The number of ether oxygens (including phenoxy) is 1. The first-order chi connectivity index (χ1) is 12.6. The lowest BCUT2D eigenvalue weighted by Gasteiger charge is -2.08. The number of benzene rings is 2. The van der Waals surface area contributed by atoms with Crippen LogP contribution >= 0.6 is 0 Å². The first kappa shape index (κ1) is 19.2. The summed E-state index contributed by atoms with van der Waals surface area (Å²) in [5.74, 6) is -1.05. The van der Waals surface area contributed by atoms with E-state index in [9.17, 15) is 14.4 Å². The van der Waals surface area contributed by atoms with Crippen LogP contribution in [0.25, 0.3) is 11.1 Å². The highest BCUT2D eigenvalue weighted by molar-refractivity contribution is 5.96. The molecule has 6 heteroatoms. The topological polar surface area (TPSA) is 84.5 Å². The van der Waals surface area contributed by atoms with Gasteiger partial charge in [0.15, 0.2) is 0 Å². The summed E-state index contributed by atoms with van der Waals surface area (Å²) in [7, 11) is 0. The first-order valence-corrected chi connectivity index (χ1v) is 8.46. The Morgan fingerprint density at radius 1 is 0.885 bits per heavy atom. The predicted molar refractivity (Wildman–Crippen MR) is 98.5 cm³/mol. The molecule has 0 aliphatic heterocycles. The third kappa shape index (κ3) is 6.05. The molecule has 0 aliphatic carbocycles. The van der Waals surface area contributed by atoms with Crippen molar-refractivity contribution in [2.75, 3.05) is 19.7 Å². The molecular formula is C20H22N2O4. The van der Waals surface area contributed by atoms with E-state index >= 15 is 0 Å². The minimum absolute atomic E-state index is 0.106. The van der Waals surface area contributed by atoms with Crippen LogP contribution in [0.5, 0.6) is 0 Å². The molecule has 2 aromatic rings.